The number of carbonyl (C=O) groups is 1. The van der Waals surface area contributed by atoms with E-state index in [1.165, 1.54) is 11.8 Å². The van der Waals surface area contributed by atoms with Crippen LogP contribution in [0.2, 0.25) is 0 Å². The summed E-state index contributed by atoms with van der Waals surface area (Å²) in [5.41, 5.74) is 3.33. The lowest BCUT2D eigenvalue weighted by Crippen LogP contribution is -2.14. The first-order chi connectivity index (χ1) is 14.8. The predicted octanol–water partition coefficient (Wildman–Crippen LogP) is 3.11. The average molecular weight is 460 g/mol. The summed E-state index contributed by atoms with van der Waals surface area (Å²) in [5.74, 6) is 1.34. The van der Waals surface area contributed by atoms with Crippen molar-refractivity contribution in [1.29, 1.82) is 0 Å². The lowest BCUT2D eigenvalue weighted by molar-refractivity contribution is 0.102. The van der Waals surface area contributed by atoms with Crippen molar-refractivity contribution in [1.82, 2.24) is 24.3 Å². The highest BCUT2D eigenvalue weighted by atomic mass is 32.2. The molecule has 0 spiro atoms. The molecule has 4 heterocycles. The van der Waals surface area contributed by atoms with Crippen molar-refractivity contribution >= 4 is 27.4 Å². The monoisotopic (exact) mass is 459 g/mol. The lowest BCUT2D eigenvalue weighted by atomic mass is 10.2. The van der Waals surface area contributed by atoms with Gasteiger partial charge >= 0.3 is 0 Å². The molecule has 164 valence electrons. The SMILES string of the molecule is CCn1c(SCC(=O)c2cc(C)n([C@H]3CCS(=O)(=O)C3)c2C)nnc1-c1ccncc1. The zero-order valence-corrected chi connectivity index (χ0v) is 19.4. The molecule has 0 aliphatic carbocycles. The molecule has 31 heavy (non-hydrogen) atoms. The van der Waals surface area contributed by atoms with E-state index in [0.29, 0.717) is 23.7 Å². The molecule has 4 rings (SSSR count). The minimum Gasteiger partial charge on any atom is -0.344 e. The number of pyridine rings is 1. The van der Waals surface area contributed by atoms with E-state index in [2.05, 4.69) is 15.2 Å². The molecule has 1 aliphatic heterocycles. The Bertz CT molecular complexity index is 1220. The second-order valence-electron chi connectivity index (χ2n) is 7.71. The molecule has 0 bridgehead atoms. The van der Waals surface area contributed by atoms with Crippen LogP contribution in [0.3, 0.4) is 0 Å². The van der Waals surface area contributed by atoms with Crippen LogP contribution in [0.15, 0.2) is 35.7 Å². The fourth-order valence-electron chi connectivity index (χ4n) is 4.20. The summed E-state index contributed by atoms with van der Waals surface area (Å²) in [4.78, 5) is 17.0. The Morgan fingerprint density at radius 2 is 1.97 bits per heavy atom. The molecule has 1 saturated heterocycles. The molecule has 10 heteroatoms. The first kappa shape index (κ1) is 21.8. The molecule has 0 saturated carbocycles. The normalized spacial score (nSPS) is 17.8. The number of hydrogen-bond acceptors (Lipinski definition) is 7. The molecule has 8 nitrogen and oxygen atoms in total. The molecule has 0 aromatic carbocycles. The van der Waals surface area contributed by atoms with Crippen molar-refractivity contribution in [2.45, 2.75) is 44.9 Å². The van der Waals surface area contributed by atoms with E-state index < -0.39 is 9.84 Å². The fraction of sp³-hybridized carbons (Fsp3) is 0.429. The summed E-state index contributed by atoms with van der Waals surface area (Å²) in [7, 11) is -2.99. The van der Waals surface area contributed by atoms with Gasteiger partial charge in [-0.05, 0) is 45.4 Å². The van der Waals surface area contributed by atoms with Crippen LogP contribution < -0.4 is 0 Å². The van der Waals surface area contributed by atoms with Crippen LogP contribution in [-0.4, -0.2) is 55.8 Å². The van der Waals surface area contributed by atoms with Gasteiger partial charge in [0.2, 0.25) is 0 Å². The van der Waals surface area contributed by atoms with Gasteiger partial charge in [-0.25, -0.2) is 8.42 Å². The molecule has 1 aliphatic rings. The Hall–Kier alpha value is -2.46. The van der Waals surface area contributed by atoms with E-state index in [-0.39, 0.29) is 29.1 Å². The maximum absolute atomic E-state index is 13.0. The number of aryl methyl sites for hydroxylation is 1. The second-order valence-corrected chi connectivity index (χ2v) is 10.9. The molecule has 0 radical (unpaired) electrons. The molecule has 3 aromatic heterocycles. The number of nitrogens with zero attached hydrogens (tertiary/aromatic N) is 5. The average Bonchev–Trinajstić information content (AvgIpc) is 3.41. The molecular weight excluding hydrogens is 434 g/mol. The molecule has 1 fully saturated rings. The maximum Gasteiger partial charge on any atom is 0.191 e. The lowest BCUT2D eigenvalue weighted by Gasteiger charge is -2.16. The van der Waals surface area contributed by atoms with Crippen molar-refractivity contribution in [2.75, 3.05) is 17.3 Å². The van der Waals surface area contributed by atoms with Crippen molar-refractivity contribution < 1.29 is 13.2 Å². The van der Waals surface area contributed by atoms with Crippen molar-refractivity contribution in [2.24, 2.45) is 0 Å². The van der Waals surface area contributed by atoms with E-state index >= 15 is 0 Å². The highest BCUT2D eigenvalue weighted by molar-refractivity contribution is 7.99. The molecule has 3 aromatic rings. The van der Waals surface area contributed by atoms with Gasteiger partial charge in [0.15, 0.2) is 26.6 Å². The van der Waals surface area contributed by atoms with Crippen molar-refractivity contribution in [3.63, 3.8) is 0 Å². The minimum absolute atomic E-state index is 0.00122. The molecule has 0 N–H and O–H groups in total. The van der Waals surface area contributed by atoms with Gasteiger partial charge in [-0.15, -0.1) is 10.2 Å². The van der Waals surface area contributed by atoms with Crippen LogP contribution in [0.25, 0.3) is 11.4 Å². The predicted molar refractivity (Wildman–Crippen MR) is 120 cm³/mol. The summed E-state index contributed by atoms with van der Waals surface area (Å²) in [6.45, 7) is 6.53. The van der Waals surface area contributed by atoms with Gasteiger partial charge in [0.25, 0.3) is 0 Å². The number of sulfone groups is 1. The molecule has 0 amide bonds. The third kappa shape index (κ3) is 4.31. The highest BCUT2D eigenvalue weighted by Crippen LogP contribution is 2.30. The van der Waals surface area contributed by atoms with Gasteiger partial charge in [-0.3, -0.25) is 9.78 Å². The van der Waals surface area contributed by atoms with Crippen LogP contribution in [0, 0.1) is 13.8 Å². The van der Waals surface area contributed by atoms with Gasteiger partial charge in [0.05, 0.1) is 17.3 Å². The Morgan fingerprint density at radius 3 is 2.61 bits per heavy atom. The molecule has 0 unspecified atom stereocenters. The number of thioether (sulfide) groups is 1. The summed E-state index contributed by atoms with van der Waals surface area (Å²) in [6.07, 6.45) is 4.02. The largest absolute Gasteiger partial charge is 0.344 e. The minimum atomic E-state index is -2.99. The van der Waals surface area contributed by atoms with Crippen LogP contribution in [0.4, 0.5) is 0 Å². The number of hydrogen-bond donors (Lipinski definition) is 0. The Labute approximate surface area is 186 Å². The number of rotatable bonds is 7. The Kier molecular flexibility index (Phi) is 6.02. The van der Waals surface area contributed by atoms with E-state index in [1.807, 2.05) is 48.1 Å². The van der Waals surface area contributed by atoms with Gasteiger partial charge in [0, 0.05) is 47.5 Å². The fourth-order valence-corrected chi connectivity index (χ4v) is 6.79. The quantitative estimate of drug-likeness (QED) is 0.395. The summed E-state index contributed by atoms with van der Waals surface area (Å²) in [6, 6.07) is 5.54. The van der Waals surface area contributed by atoms with Crippen LogP contribution >= 0.6 is 11.8 Å². The standard InChI is InChI=1S/C21H25N5O3S2/c1-4-25-20(16-5-8-22-9-6-16)23-24-21(25)30-12-19(27)18-11-14(2)26(15(18)3)17-7-10-31(28,29)13-17/h5-6,8-9,11,17H,4,7,10,12-13H2,1-3H3/t17-/m0/s1. The number of aromatic nitrogens is 5. The van der Waals surface area contributed by atoms with Crippen molar-refractivity contribution in [3.8, 4) is 11.4 Å². The van der Waals surface area contributed by atoms with Crippen LogP contribution in [-0.2, 0) is 16.4 Å². The van der Waals surface area contributed by atoms with Crippen molar-refractivity contribution in [3.05, 3.63) is 47.5 Å². The summed E-state index contributed by atoms with van der Waals surface area (Å²) < 4.78 is 27.8. The van der Waals surface area contributed by atoms with E-state index in [9.17, 15) is 13.2 Å². The molecule has 1 atom stereocenters. The topological polar surface area (TPSA) is 99.7 Å². The zero-order chi connectivity index (χ0) is 22.2. The van der Waals surface area contributed by atoms with Crippen LogP contribution in [0.5, 0.6) is 0 Å². The van der Waals surface area contributed by atoms with E-state index in [4.69, 9.17) is 0 Å². The third-order valence-electron chi connectivity index (χ3n) is 5.66. The zero-order valence-electron chi connectivity index (χ0n) is 17.8. The maximum atomic E-state index is 13.0. The second kappa shape index (κ2) is 8.58. The first-order valence-corrected chi connectivity index (χ1v) is 13.0. The number of carbonyl (C=O) groups excluding carboxylic acids is 1. The highest BCUT2D eigenvalue weighted by Gasteiger charge is 2.31. The van der Waals surface area contributed by atoms with Gasteiger partial charge < -0.3 is 9.13 Å². The number of Topliss-reactive ketones (excluding diaryl/α,β-unsaturated/α-hetero) is 1. The smallest absolute Gasteiger partial charge is 0.191 e. The van der Waals surface area contributed by atoms with Gasteiger partial charge in [-0.1, -0.05) is 11.8 Å². The van der Waals surface area contributed by atoms with Crippen LogP contribution in [0.1, 0.15) is 41.1 Å². The number of ketones is 1. The summed E-state index contributed by atoms with van der Waals surface area (Å²) in [5, 5.41) is 9.28. The third-order valence-corrected chi connectivity index (χ3v) is 8.38. The van der Waals surface area contributed by atoms with Gasteiger partial charge in [0.1, 0.15) is 0 Å². The van der Waals surface area contributed by atoms with E-state index in [1.54, 1.807) is 12.4 Å². The van der Waals surface area contributed by atoms with Gasteiger partial charge in [-0.2, -0.15) is 0 Å². The molecular formula is C21H25N5O3S2. The van der Waals surface area contributed by atoms with E-state index in [0.717, 1.165) is 22.8 Å². The first-order valence-electron chi connectivity index (χ1n) is 10.2. The Morgan fingerprint density at radius 1 is 1.23 bits per heavy atom. The Balaban J connectivity index is 1.51. The summed E-state index contributed by atoms with van der Waals surface area (Å²) >= 11 is 1.36.